The van der Waals surface area contributed by atoms with Crippen LogP contribution in [-0.4, -0.2) is 36.9 Å². The highest BCUT2D eigenvalue weighted by atomic mass is 32.2. The van der Waals surface area contributed by atoms with Crippen LogP contribution in [-0.2, 0) is 28.7 Å². The summed E-state index contributed by atoms with van der Waals surface area (Å²) in [5.41, 5.74) is 8.78. The molecule has 0 amide bonds. The van der Waals surface area contributed by atoms with Gasteiger partial charge in [-0.3, -0.25) is 4.21 Å². The molecule has 2 rings (SSSR count). The van der Waals surface area contributed by atoms with Crippen LogP contribution >= 0.6 is 0 Å². The molecule has 2 aromatic heterocycles. The summed E-state index contributed by atoms with van der Waals surface area (Å²) in [5.74, 6) is 2.81. The SMILES string of the molecule is CCCCS(=O)CCCn1c(COCC)nc2c(N)ncc(C)c21. The molecule has 6 nitrogen and oxygen atoms in total. The topological polar surface area (TPSA) is 83.0 Å². The summed E-state index contributed by atoms with van der Waals surface area (Å²) in [6.07, 6.45) is 4.74. The number of anilines is 1. The number of ether oxygens (including phenoxy) is 1. The average molecular weight is 353 g/mol. The van der Waals surface area contributed by atoms with Crippen LogP contribution in [0.15, 0.2) is 6.20 Å². The molecular formula is C17H28N4O2S. The Morgan fingerprint density at radius 2 is 2.04 bits per heavy atom. The molecule has 2 aromatic rings. The highest BCUT2D eigenvalue weighted by Crippen LogP contribution is 2.24. The van der Waals surface area contributed by atoms with Gasteiger partial charge in [0.15, 0.2) is 5.82 Å². The van der Waals surface area contributed by atoms with Crippen molar-refractivity contribution in [3.63, 3.8) is 0 Å². The van der Waals surface area contributed by atoms with E-state index >= 15 is 0 Å². The molecule has 0 bridgehead atoms. The quantitative estimate of drug-likeness (QED) is 0.711. The van der Waals surface area contributed by atoms with Gasteiger partial charge >= 0.3 is 0 Å². The second kappa shape index (κ2) is 9.13. The summed E-state index contributed by atoms with van der Waals surface area (Å²) < 4.78 is 19.7. The maximum absolute atomic E-state index is 12.0. The van der Waals surface area contributed by atoms with Crippen molar-refractivity contribution in [1.82, 2.24) is 14.5 Å². The highest BCUT2D eigenvalue weighted by Gasteiger charge is 2.15. The van der Waals surface area contributed by atoms with E-state index in [1.165, 1.54) is 0 Å². The van der Waals surface area contributed by atoms with Gasteiger partial charge in [-0.2, -0.15) is 0 Å². The van der Waals surface area contributed by atoms with E-state index in [1.807, 2.05) is 13.8 Å². The number of aromatic nitrogens is 3. The third-order valence-electron chi connectivity index (χ3n) is 3.97. The first-order valence-corrected chi connectivity index (χ1v) is 10.1. The molecule has 0 aliphatic carbocycles. The number of pyridine rings is 1. The molecule has 1 atom stereocenters. The Labute approximate surface area is 146 Å². The van der Waals surface area contributed by atoms with E-state index in [2.05, 4.69) is 21.5 Å². The van der Waals surface area contributed by atoms with Crippen molar-refractivity contribution in [3.05, 3.63) is 17.6 Å². The van der Waals surface area contributed by atoms with Gasteiger partial charge in [-0.05, 0) is 32.3 Å². The minimum atomic E-state index is -0.739. The Kier molecular flexibility index (Phi) is 7.17. The minimum Gasteiger partial charge on any atom is -0.382 e. The van der Waals surface area contributed by atoms with Gasteiger partial charge < -0.3 is 15.0 Å². The molecule has 1 unspecified atom stereocenters. The second-order valence-electron chi connectivity index (χ2n) is 5.90. The fourth-order valence-electron chi connectivity index (χ4n) is 2.70. The fraction of sp³-hybridized carbons (Fsp3) is 0.647. The molecule has 7 heteroatoms. The first-order valence-electron chi connectivity index (χ1n) is 8.61. The molecule has 0 aliphatic rings. The van der Waals surface area contributed by atoms with E-state index in [4.69, 9.17) is 10.5 Å². The molecule has 24 heavy (non-hydrogen) atoms. The third kappa shape index (κ3) is 4.54. The Morgan fingerprint density at radius 1 is 1.29 bits per heavy atom. The highest BCUT2D eigenvalue weighted by molar-refractivity contribution is 7.84. The molecule has 0 aliphatic heterocycles. The van der Waals surface area contributed by atoms with Crippen molar-refractivity contribution in [2.24, 2.45) is 0 Å². The van der Waals surface area contributed by atoms with Crippen LogP contribution in [0, 0.1) is 6.92 Å². The molecular weight excluding hydrogens is 324 g/mol. The largest absolute Gasteiger partial charge is 0.382 e. The summed E-state index contributed by atoms with van der Waals surface area (Å²) >= 11 is 0. The molecule has 0 radical (unpaired) electrons. The monoisotopic (exact) mass is 352 g/mol. The lowest BCUT2D eigenvalue weighted by Gasteiger charge is -2.10. The van der Waals surface area contributed by atoms with Crippen molar-refractivity contribution in [1.29, 1.82) is 0 Å². The Morgan fingerprint density at radius 3 is 2.75 bits per heavy atom. The first kappa shape index (κ1) is 18.9. The van der Waals surface area contributed by atoms with E-state index in [0.717, 1.165) is 54.0 Å². The van der Waals surface area contributed by atoms with Gasteiger partial charge in [0, 0.05) is 41.7 Å². The molecule has 0 spiro atoms. The fourth-order valence-corrected chi connectivity index (χ4v) is 3.97. The van der Waals surface area contributed by atoms with Gasteiger partial charge in [0.1, 0.15) is 17.9 Å². The zero-order valence-electron chi connectivity index (χ0n) is 14.9. The van der Waals surface area contributed by atoms with E-state index in [9.17, 15) is 4.21 Å². The van der Waals surface area contributed by atoms with Crippen molar-refractivity contribution >= 4 is 27.7 Å². The van der Waals surface area contributed by atoms with Gasteiger partial charge in [0.2, 0.25) is 0 Å². The second-order valence-corrected chi connectivity index (χ2v) is 7.59. The van der Waals surface area contributed by atoms with Gasteiger partial charge in [0.05, 0.1) is 5.52 Å². The average Bonchev–Trinajstić information content (AvgIpc) is 2.94. The van der Waals surface area contributed by atoms with Gasteiger partial charge in [0.25, 0.3) is 0 Å². The van der Waals surface area contributed by atoms with E-state index in [0.29, 0.717) is 24.8 Å². The van der Waals surface area contributed by atoms with Crippen LogP contribution in [0.5, 0.6) is 0 Å². The van der Waals surface area contributed by atoms with Crippen LogP contribution in [0.25, 0.3) is 11.0 Å². The van der Waals surface area contributed by atoms with Crippen LogP contribution in [0.2, 0.25) is 0 Å². The number of nitrogens with zero attached hydrogens (tertiary/aromatic N) is 3. The Balaban J connectivity index is 2.19. The first-order chi connectivity index (χ1) is 11.6. The Bertz CT molecular complexity index is 699. The number of nitrogen functional groups attached to an aromatic ring is 1. The minimum absolute atomic E-state index is 0.443. The number of rotatable bonds is 10. The Hall–Kier alpha value is -1.47. The van der Waals surface area contributed by atoms with E-state index < -0.39 is 10.8 Å². The summed E-state index contributed by atoms with van der Waals surface area (Å²) in [6.45, 7) is 7.94. The molecule has 0 fully saturated rings. The third-order valence-corrected chi connectivity index (χ3v) is 5.46. The zero-order valence-corrected chi connectivity index (χ0v) is 15.7. The zero-order chi connectivity index (χ0) is 17.5. The summed E-state index contributed by atoms with van der Waals surface area (Å²) in [6, 6.07) is 0. The molecule has 134 valence electrons. The maximum atomic E-state index is 12.0. The number of nitrogens with two attached hydrogens (primary N) is 1. The summed E-state index contributed by atoms with van der Waals surface area (Å²) in [7, 11) is -0.739. The van der Waals surface area contributed by atoms with Crippen molar-refractivity contribution < 1.29 is 8.95 Å². The molecule has 2 heterocycles. The lowest BCUT2D eigenvalue weighted by molar-refractivity contribution is 0.126. The number of aryl methyl sites for hydroxylation is 2. The molecule has 0 aromatic carbocycles. The summed E-state index contributed by atoms with van der Waals surface area (Å²) in [5, 5.41) is 0. The lowest BCUT2D eigenvalue weighted by atomic mass is 10.2. The predicted octanol–water partition coefficient (Wildman–Crippen LogP) is 2.80. The predicted molar refractivity (Wildman–Crippen MR) is 99.4 cm³/mol. The van der Waals surface area contributed by atoms with Crippen molar-refractivity contribution in [2.45, 2.75) is 53.2 Å². The normalized spacial score (nSPS) is 12.8. The molecule has 0 saturated carbocycles. The van der Waals surface area contributed by atoms with Crippen LogP contribution in [0.3, 0.4) is 0 Å². The molecule has 0 saturated heterocycles. The van der Waals surface area contributed by atoms with Crippen LogP contribution in [0.4, 0.5) is 5.82 Å². The number of unbranched alkanes of at least 4 members (excludes halogenated alkanes) is 1. The van der Waals surface area contributed by atoms with E-state index in [-0.39, 0.29) is 0 Å². The maximum Gasteiger partial charge on any atom is 0.151 e. The van der Waals surface area contributed by atoms with Gasteiger partial charge in [-0.15, -0.1) is 0 Å². The van der Waals surface area contributed by atoms with Crippen molar-refractivity contribution in [2.75, 3.05) is 23.8 Å². The summed E-state index contributed by atoms with van der Waals surface area (Å²) in [4.78, 5) is 8.83. The van der Waals surface area contributed by atoms with Crippen LogP contribution < -0.4 is 5.73 Å². The number of hydrogen-bond acceptors (Lipinski definition) is 5. The number of fused-ring (bicyclic) bond motifs is 1. The lowest BCUT2D eigenvalue weighted by Crippen LogP contribution is -2.10. The standard InChI is InChI=1S/C17H28N4O2S/c1-4-6-9-24(22)10-7-8-21-14(12-23-5-2)20-15-16(21)13(3)11-19-17(15)18/h11H,4-10,12H2,1-3H3,(H2,18,19). The van der Waals surface area contributed by atoms with E-state index in [1.54, 1.807) is 6.20 Å². The number of hydrogen-bond donors (Lipinski definition) is 1. The van der Waals surface area contributed by atoms with Gasteiger partial charge in [-0.1, -0.05) is 13.3 Å². The van der Waals surface area contributed by atoms with Gasteiger partial charge in [-0.25, -0.2) is 9.97 Å². The number of imidazole rings is 1. The van der Waals surface area contributed by atoms with Crippen LogP contribution in [0.1, 0.15) is 44.5 Å². The molecule has 2 N–H and O–H groups in total. The van der Waals surface area contributed by atoms with Crippen molar-refractivity contribution in [3.8, 4) is 0 Å². The smallest absolute Gasteiger partial charge is 0.151 e.